The summed E-state index contributed by atoms with van der Waals surface area (Å²) >= 11 is 5.92. The summed E-state index contributed by atoms with van der Waals surface area (Å²) in [5, 5.41) is 4.71. The maximum absolute atomic E-state index is 13.3. The van der Waals surface area contributed by atoms with Crippen molar-refractivity contribution in [2.75, 3.05) is 26.2 Å². The summed E-state index contributed by atoms with van der Waals surface area (Å²) < 4.78 is 14.9. The molecule has 7 heteroatoms. The summed E-state index contributed by atoms with van der Waals surface area (Å²) in [6, 6.07) is 6.35. The third-order valence-corrected chi connectivity index (χ3v) is 4.74. The highest BCUT2D eigenvalue weighted by Gasteiger charge is 2.28. The second-order valence-electron chi connectivity index (χ2n) is 6.29. The van der Waals surface area contributed by atoms with Crippen LogP contribution in [0.2, 0.25) is 5.02 Å². The molecule has 0 saturated carbocycles. The minimum Gasteiger partial charge on any atom is -0.338 e. The third kappa shape index (κ3) is 4.38. The van der Waals surface area contributed by atoms with Gasteiger partial charge in [0.25, 0.3) is 0 Å². The Morgan fingerprint density at radius 3 is 2.68 bits per heavy atom. The van der Waals surface area contributed by atoms with Crippen LogP contribution in [0.25, 0.3) is 0 Å². The molecule has 1 aromatic carbocycles. The summed E-state index contributed by atoms with van der Waals surface area (Å²) in [6.07, 6.45) is 3.91. The molecule has 1 amide bonds. The van der Waals surface area contributed by atoms with Gasteiger partial charge in [0, 0.05) is 38.9 Å². The zero-order valence-corrected chi connectivity index (χ0v) is 15.0. The lowest BCUT2D eigenvalue weighted by molar-refractivity contribution is -0.137. The monoisotopic (exact) mass is 364 g/mol. The van der Waals surface area contributed by atoms with Gasteiger partial charge in [0.15, 0.2) is 0 Å². The number of aromatic nitrogens is 2. The molecule has 5 nitrogen and oxygen atoms in total. The maximum Gasteiger partial charge on any atom is 0.247 e. The molecule has 1 atom stereocenters. The number of hydrogen-bond acceptors (Lipinski definition) is 3. The SMILES string of the molecule is CCC(C(=O)N1CCN(Cc2cccc(F)c2)CC1)n1cc(Cl)cn1. The molecule has 134 valence electrons. The molecule has 1 fully saturated rings. The number of benzene rings is 1. The molecule has 0 N–H and O–H groups in total. The first kappa shape index (κ1) is 17.9. The summed E-state index contributed by atoms with van der Waals surface area (Å²) in [7, 11) is 0. The van der Waals surface area contributed by atoms with E-state index in [-0.39, 0.29) is 17.8 Å². The van der Waals surface area contributed by atoms with Crippen molar-refractivity contribution in [2.45, 2.75) is 25.9 Å². The van der Waals surface area contributed by atoms with Gasteiger partial charge >= 0.3 is 0 Å². The number of rotatable bonds is 5. The Labute approximate surface area is 152 Å². The van der Waals surface area contributed by atoms with Gasteiger partial charge in [-0.1, -0.05) is 30.7 Å². The van der Waals surface area contributed by atoms with Crippen LogP contribution in [0.15, 0.2) is 36.7 Å². The minimum atomic E-state index is -0.317. The molecule has 1 aliphatic heterocycles. The fourth-order valence-electron chi connectivity index (χ4n) is 3.19. The molecule has 25 heavy (non-hydrogen) atoms. The first-order chi connectivity index (χ1) is 12.1. The van der Waals surface area contributed by atoms with Crippen molar-refractivity contribution in [2.24, 2.45) is 0 Å². The molecule has 0 aliphatic carbocycles. The molecule has 2 aromatic rings. The van der Waals surface area contributed by atoms with Crippen LogP contribution in [0.5, 0.6) is 0 Å². The molecule has 1 aromatic heterocycles. The standard InChI is InChI=1S/C18H22ClFN4O/c1-2-17(24-13-15(19)11-21-24)18(25)23-8-6-22(7-9-23)12-14-4-3-5-16(20)10-14/h3-5,10-11,13,17H,2,6-9,12H2,1H3. The molecule has 3 rings (SSSR count). The van der Waals surface area contributed by atoms with Crippen LogP contribution in [0, 0.1) is 5.82 Å². The van der Waals surface area contributed by atoms with Crippen molar-refractivity contribution in [1.29, 1.82) is 0 Å². The number of halogens is 2. The van der Waals surface area contributed by atoms with Gasteiger partial charge in [-0.15, -0.1) is 0 Å². The van der Waals surface area contributed by atoms with E-state index in [4.69, 9.17) is 11.6 Å². The van der Waals surface area contributed by atoms with Crippen molar-refractivity contribution in [3.05, 3.63) is 53.1 Å². The lowest BCUT2D eigenvalue weighted by atomic mass is 10.1. The molecular formula is C18H22ClFN4O. The smallest absolute Gasteiger partial charge is 0.247 e. The van der Waals surface area contributed by atoms with E-state index in [1.807, 2.05) is 17.9 Å². The van der Waals surface area contributed by atoms with Crippen LogP contribution in [0.4, 0.5) is 4.39 Å². The van der Waals surface area contributed by atoms with Crippen LogP contribution in [-0.4, -0.2) is 51.7 Å². The summed E-state index contributed by atoms with van der Waals surface area (Å²) in [4.78, 5) is 16.9. The number of hydrogen-bond donors (Lipinski definition) is 0. The summed E-state index contributed by atoms with van der Waals surface area (Å²) in [5.74, 6) is -0.136. The van der Waals surface area contributed by atoms with E-state index >= 15 is 0 Å². The van der Waals surface area contributed by atoms with Gasteiger partial charge in [-0.3, -0.25) is 14.4 Å². The van der Waals surface area contributed by atoms with Gasteiger partial charge in [-0.05, 0) is 24.1 Å². The van der Waals surface area contributed by atoms with Crippen LogP contribution >= 0.6 is 11.6 Å². The van der Waals surface area contributed by atoms with Crippen LogP contribution < -0.4 is 0 Å². The van der Waals surface area contributed by atoms with Crippen molar-refractivity contribution < 1.29 is 9.18 Å². The normalized spacial score (nSPS) is 16.8. The Bertz CT molecular complexity index is 727. The molecule has 2 heterocycles. The zero-order chi connectivity index (χ0) is 17.8. The predicted octanol–water partition coefficient (Wildman–Crippen LogP) is 2.97. The van der Waals surface area contributed by atoms with E-state index in [2.05, 4.69) is 10.00 Å². The molecule has 1 aliphatic rings. The molecular weight excluding hydrogens is 343 g/mol. The quantitative estimate of drug-likeness (QED) is 0.819. The van der Waals surface area contributed by atoms with Gasteiger partial charge in [0.1, 0.15) is 11.9 Å². The average molecular weight is 365 g/mol. The lowest BCUT2D eigenvalue weighted by Crippen LogP contribution is -2.50. The molecule has 0 bridgehead atoms. The molecule has 1 unspecified atom stereocenters. The van der Waals surface area contributed by atoms with Gasteiger partial charge < -0.3 is 4.90 Å². The van der Waals surface area contributed by atoms with E-state index in [9.17, 15) is 9.18 Å². The van der Waals surface area contributed by atoms with Crippen LogP contribution in [0.3, 0.4) is 0 Å². The fourth-order valence-corrected chi connectivity index (χ4v) is 3.33. The highest BCUT2D eigenvalue weighted by Crippen LogP contribution is 2.19. The van der Waals surface area contributed by atoms with Gasteiger partial charge in [0.2, 0.25) is 5.91 Å². The Morgan fingerprint density at radius 2 is 2.08 bits per heavy atom. The second kappa shape index (κ2) is 7.97. The predicted molar refractivity (Wildman–Crippen MR) is 94.8 cm³/mol. The first-order valence-corrected chi connectivity index (χ1v) is 8.90. The van der Waals surface area contributed by atoms with Crippen molar-refractivity contribution in [1.82, 2.24) is 19.6 Å². The van der Waals surface area contributed by atoms with E-state index in [1.165, 1.54) is 6.07 Å². The lowest BCUT2D eigenvalue weighted by Gasteiger charge is -2.36. The van der Waals surface area contributed by atoms with Gasteiger partial charge in [-0.2, -0.15) is 5.10 Å². The number of piperazine rings is 1. The minimum absolute atomic E-state index is 0.0765. The van der Waals surface area contributed by atoms with Gasteiger partial charge in [0.05, 0.1) is 11.2 Å². The van der Waals surface area contributed by atoms with Crippen LogP contribution in [-0.2, 0) is 11.3 Å². The number of carbonyl (C=O) groups excluding carboxylic acids is 1. The highest BCUT2D eigenvalue weighted by atomic mass is 35.5. The molecule has 1 saturated heterocycles. The Kier molecular flexibility index (Phi) is 5.71. The van der Waals surface area contributed by atoms with Crippen molar-refractivity contribution in [3.8, 4) is 0 Å². The zero-order valence-electron chi connectivity index (χ0n) is 14.2. The Hall–Kier alpha value is -1.92. The summed E-state index contributed by atoms with van der Waals surface area (Å²) in [5.41, 5.74) is 0.956. The number of amides is 1. The van der Waals surface area contributed by atoms with Crippen LogP contribution in [0.1, 0.15) is 24.9 Å². The topological polar surface area (TPSA) is 41.4 Å². The fraction of sp³-hybridized carbons (Fsp3) is 0.444. The summed E-state index contributed by atoms with van der Waals surface area (Å²) in [6.45, 7) is 5.56. The number of nitrogens with zero attached hydrogens (tertiary/aromatic N) is 4. The molecule has 0 spiro atoms. The largest absolute Gasteiger partial charge is 0.338 e. The van der Waals surface area contributed by atoms with E-state index < -0.39 is 0 Å². The van der Waals surface area contributed by atoms with Crippen molar-refractivity contribution >= 4 is 17.5 Å². The van der Waals surface area contributed by atoms with Gasteiger partial charge in [-0.25, -0.2) is 4.39 Å². The van der Waals surface area contributed by atoms with E-state index in [1.54, 1.807) is 29.2 Å². The first-order valence-electron chi connectivity index (χ1n) is 8.52. The third-order valence-electron chi connectivity index (χ3n) is 4.54. The van der Waals surface area contributed by atoms with Crippen molar-refractivity contribution in [3.63, 3.8) is 0 Å². The highest BCUT2D eigenvalue weighted by molar-refractivity contribution is 6.30. The number of carbonyl (C=O) groups is 1. The average Bonchev–Trinajstić information content (AvgIpc) is 3.02. The molecule has 0 radical (unpaired) electrons. The maximum atomic E-state index is 13.3. The Morgan fingerprint density at radius 1 is 1.32 bits per heavy atom. The second-order valence-corrected chi connectivity index (χ2v) is 6.73. The van der Waals surface area contributed by atoms with E-state index in [0.717, 1.165) is 18.7 Å². The Balaban J connectivity index is 1.56. The van der Waals surface area contributed by atoms with E-state index in [0.29, 0.717) is 31.1 Å².